The Morgan fingerprint density at radius 3 is 2.61 bits per heavy atom. The standard InChI is InChI=1S/C19H23N3O6/c1-19(2,3)28-18(27)20-8-10-4-6-13(23)11-9-22(17(26)15(10)11)12-5-7-14(24)21-16(12)25/h4,6,11-12H,5,7-9H2,1-3H3,(H,20,27)(H,21,24,25). The van der Waals surface area contributed by atoms with Crippen LogP contribution in [0, 0.1) is 5.92 Å². The molecule has 0 aromatic heterocycles. The van der Waals surface area contributed by atoms with Gasteiger partial charge in [-0.15, -0.1) is 0 Å². The molecule has 2 atom stereocenters. The van der Waals surface area contributed by atoms with Gasteiger partial charge in [-0.25, -0.2) is 4.79 Å². The van der Waals surface area contributed by atoms with Crippen molar-refractivity contribution in [2.75, 3.05) is 13.1 Å². The number of allylic oxidation sites excluding steroid dienone is 1. The number of likely N-dealkylation sites (tertiary alicyclic amines) is 1. The smallest absolute Gasteiger partial charge is 0.407 e. The molecule has 3 rings (SSSR count). The molecular formula is C19H23N3O6. The zero-order valence-electron chi connectivity index (χ0n) is 16.0. The molecule has 0 aromatic carbocycles. The highest BCUT2D eigenvalue weighted by Crippen LogP contribution is 2.34. The van der Waals surface area contributed by atoms with Crippen molar-refractivity contribution in [3.8, 4) is 0 Å². The largest absolute Gasteiger partial charge is 0.444 e. The Hall–Kier alpha value is -2.97. The van der Waals surface area contributed by atoms with Crippen LogP contribution in [0.15, 0.2) is 23.3 Å². The van der Waals surface area contributed by atoms with Crippen molar-refractivity contribution < 1.29 is 28.7 Å². The average molecular weight is 389 g/mol. The van der Waals surface area contributed by atoms with Gasteiger partial charge in [-0.1, -0.05) is 6.08 Å². The molecule has 2 aliphatic heterocycles. The van der Waals surface area contributed by atoms with Crippen molar-refractivity contribution in [1.29, 1.82) is 0 Å². The van der Waals surface area contributed by atoms with E-state index in [1.165, 1.54) is 17.1 Å². The number of rotatable bonds is 3. The maximum Gasteiger partial charge on any atom is 0.407 e. The molecule has 3 aliphatic rings. The van der Waals surface area contributed by atoms with Crippen LogP contribution in [0.4, 0.5) is 4.79 Å². The van der Waals surface area contributed by atoms with Gasteiger partial charge >= 0.3 is 6.09 Å². The number of carbonyl (C=O) groups is 5. The SMILES string of the molecule is CC(C)(C)OC(=O)NCC1=C2C(=O)N(C3CCC(=O)NC3=O)CC2C(=O)C=C1. The van der Waals surface area contributed by atoms with E-state index in [0.29, 0.717) is 5.57 Å². The van der Waals surface area contributed by atoms with E-state index in [-0.39, 0.29) is 43.2 Å². The highest BCUT2D eigenvalue weighted by molar-refractivity contribution is 6.11. The van der Waals surface area contributed by atoms with E-state index in [2.05, 4.69) is 10.6 Å². The second kappa shape index (κ2) is 7.21. The number of carbonyl (C=O) groups excluding carboxylic acids is 5. The Labute approximate surface area is 162 Å². The van der Waals surface area contributed by atoms with Gasteiger partial charge in [0.25, 0.3) is 5.91 Å². The quantitative estimate of drug-likeness (QED) is 0.666. The lowest BCUT2D eigenvalue weighted by atomic mass is 9.88. The second-order valence-electron chi connectivity index (χ2n) is 8.01. The number of ketones is 1. The molecule has 1 aliphatic carbocycles. The highest BCUT2D eigenvalue weighted by atomic mass is 16.6. The molecule has 0 radical (unpaired) electrons. The van der Waals surface area contributed by atoms with Gasteiger partial charge < -0.3 is 15.0 Å². The number of nitrogens with zero attached hydrogens (tertiary/aromatic N) is 1. The summed E-state index contributed by atoms with van der Waals surface area (Å²) in [6.45, 7) is 5.32. The van der Waals surface area contributed by atoms with Crippen molar-refractivity contribution in [3.05, 3.63) is 23.3 Å². The summed E-state index contributed by atoms with van der Waals surface area (Å²) in [5.74, 6) is -2.22. The highest BCUT2D eigenvalue weighted by Gasteiger charge is 2.46. The van der Waals surface area contributed by atoms with Crippen LogP contribution in [-0.4, -0.2) is 59.2 Å². The van der Waals surface area contributed by atoms with Gasteiger partial charge in [0.2, 0.25) is 11.8 Å². The van der Waals surface area contributed by atoms with E-state index in [1.807, 2.05) is 0 Å². The summed E-state index contributed by atoms with van der Waals surface area (Å²) >= 11 is 0. The van der Waals surface area contributed by atoms with E-state index < -0.39 is 35.5 Å². The van der Waals surface area contributed by atoms with Crippen molar-refractivity contribution in [3.63, 3.8) is 0 Å². The summed E-state index contributed by atoms with van der Waals surface area (Å²) in [5.41, 5.74) is 0.137. The van der Waals surface area contributed by atoms with E-state index in [9.17, 15) is 24.0 Å². The van der Waals surface area contributed by atoms with E-state index >= 15 is 0 Å². The molecule has 2 saturated heterocycles. The predicted octanol–water partition coefficient (Wildman–Crippen LogP) is 0.210. The maximum absolute atomic E-state index is 13.0. The summed E-state index contributed by atoms with van der Waals surface area (Å²) in [5, 5.41) is 4.82. The molecule has 2 N–H and O–H groups in total. The number of hydrogen-bond donors (Lipinski definition) is 2. The minimum Gasteiger partial charge on any atom is -0.444 e. The number of fused-ring (bicyclic) bond motifs is 1. The molecule has 0 saturated carbocycles. The number of imide groups is 1. The first-order valence-corrected chi connectivity index (χ1v) is 9.13. The van der Waals surface area contributed by atoms with E-state index in [0.717, 1.165) is 0 Å². The Bertz CT molecular complexity index is 820. The normalized spacial score (nSPS) is 25.0. The van der Waals surface area contributed by atoms with Crippen LogP contribution >= 0.6 is 0 Å². The molecule has 28 heavy (non-hydrogen) atoms. The average Bonchev–Trinajstić information content (AvgIpc) is 2.91. The summed E-state index contributed by atoms with van der Waals surface area (Å²) in [7, 11) is 0. The number of alkyl carbamates (subject to hydrolysis) is 1. The summed E-state index contributed by atoms with van der Waals surface area (Å²) in [6.07, 6.45) is 2.63. The number of piperidine rings is 1. The summed E-state index contributed by atoms with van der Waals surface area (Å²) < 4.78 is 5.18. The molecule has 0 spiro atoms. The van der Waals surface area contributed by atoms with Gasteiger partial charge in [0.05, 0.1) is 5.92 Å². The van der Waals surface area contributed by atoms with Crippen molar-refractivity contribution in [1.82, 2.24) is 15.5 Å². The van der Waals surface area contributed by atoms with Gasteiger partial charge in [0.15, 0.2) is 5.78 Å². The minimum atomic E-state index is -0.781. The maximum atomic E-state index is 13.0. The third-order valence-electron chi connectivity index (χ3n) is 4.77. The van der Waals surface area contributed by atoms with Crippen LogP contribution in [-0.2, 0) is 23.9 Å². The molecule has 2 fully saturated rings. The summed E-state index contributed by atoms with van der Waals surface area (Å²) in [4.78, 5) is 62.0. The number of ether oxygens (including phenoxy) is 1. The lowest BCUT2D eigenvalue weighted by molar-refractivity contribution is -0.142. The Morgan fingerprint density at radius 1 is 1.25 bits per heavy atom. The van der Waals surface area contributed by atoms with Crippen LogP contribution in [0.3, 0.4) is 0 Å². The molecule has 2 unspecified atom stereocenters. The predicted molar refractivity (Wildman–Crippen MR) is 96.8 cm³/mol. The first-order chi connectivity index (χ1) is 13.1. The summed E-state index contributed by atoms with van der Waals surface area (Å²) in [6, 6.07) is -0.781. The van der Waals surface area contributed by atoms with Crippen molar-refractivity contribution in [2.45, 2.75) is 45.3 Å². The fraction of sp³-hybridized carbons (Fsp3) is 0.526. The third kappa shape index (κ3) is 3.97. The monoisotopic (exact) mass is 389 g/mol. The van der Waals surface area contributed by atoms with Crippen LogP contribution in [0.5, 0.6) is 0 Å². The van der Waals surface area contributed by atoms with Gasteiger partial charge in [-0.3, -0.25) is 24.5 Å². The fourth-order valence-electron chi connectivity index (χ4n) is 3.54. The van der Waals surface area contributed by atoms with E-state index in [4.69, 9.17) is 4.74 Å². The molecular weight excluding hydrogens is 366 g/mol. The van der Waals surface area contributed by atoms with Crippen LogP contribution < -0.4 is 10.6 Å². The molecule has 0 aromatic rings. The second-order valence-corrected chi connectivity index (χ2v) is 8.01. The Morgan fingerprint density at radius 2 is 1.96 bits per heavy atom. The van der Waals surface area contributed by atoms with Gasteiger partial charge in [-0.05, 0) is 38.8 Å². The zero-order valence-corrected chi connectivity index (χ0v) is 16.0. The lowest BCUT2D eigenvalue weighted by Crippen LogP contribution is -2.53. The van der Waals surface area contributed by atoms with Crippen LogP contribution in [0.1, 0.15) is 33.6 Å². The molecule has 4 amide bonds. The molecule has 0 bridgehead atoms. The van der Waals surface area contributed by atoms with Crippen molar-refractivity contribution >= 4 is 29.6 Å². The van der Waals surface area contributed by atoms with Crippen molar-refractivity contribution in [2.24, 2.45) is 5.92 Å². The molecule has 150 valence electrons. The minimum absolute atomic E-state index is 0.0272. The number of hydrogen-bond acceptors (Lipinski definition) is 6. The zero-order chi connectivity index (χ0) is 20.6. The molecule has 2 heterocycles. The molecule has 9 heteroatoms. The Kier molecular flexibility index (Phi) is 5.10. The Balaban J connectivity index is 1.78. The third-order valence-corrected chi connectivity index (χ3v) is 4.77. The van der Waals surface area contributed by atoms with Crippen LogP contribution in [0.2, 0.25) is 0 Å². The van der Waals surface area contributed by atoms with Gasteiger partial charge in [0.1, 0.15) is 11.6 Å². The topological polar surface area (TPSA) is 122 Å². The number of nitrogens with one attached hydrogen (secondary N) is 2. The van der Waals surface area contributed by atoms with E-state index in [1.54, 1.807) is 20.8 Å². The van der Waals surface area contributed by atoms with Gasteiger partial charge in [-0.2, -0.15) is 0 Å². The van der Waals surface area contributed by atoms with Crippen LogP contribution in [0.25, 0.3) is 0 Å². The first kappa shape index (κ1) is 19.8. The first-order valence-electron chi connectivity index (χ1n) is 9.13. The van der Waals surface area contributed by atoms with Gasteiger partial charge in [0, 0.05) is 25.1 Å². The lowest BCUT2D eigenvalue weighted by Gasteiger charge is -2.29. The number of amides is 4. The fourth-order valence-corrected chi connectivity index (χ4v) is 3.54. The molecule has 9 nitrogen and oxygen atoms in total.